The third-order valence-electron chi connectivity index (χ3n) is 4.63. The Morgan fingerprint density at radius 1 is 1.07 bits per heavy atom. The van der Waals surface area contributed by atoms with E-state index in [9.17, 15) is 9.59 Å². The second kappa shape index (κ2) is 9.46. The normalized spacial score (nSPS) is 13.9. The molecule has 0 bridgehead atoms. The number of ether oxygens (including phenoxy) is 1. The Balaban J connectivity index is 1.51. The molecule has 0 radical (unpaired) electrons. The first kappa shape index (κ1) is 20.0. The highest BCUT2D eigenvalue weighted by atomic mass is 35.5. The van der Waals surface area contributed by atoms with Gasteiger partial charge in [0, 0.05) is 36.8 Å². The highest BCUT2D eigenvalue weighted by Gasteiger charge is 2.23. The van der Waals surface area contributed by atoms with Gasteiger partial charge in [-0.15, -0.1) is 0 Å². The summed E-state index contributed by atoms with van der Waals surface area (Å²) in [6, 6.07) is 14.6. The average molecular weight is 402 g/mol. The number of nitrogens with zero attached hydrogens (tertiary/aromatic N) is 2. The van der Waals surface area contributed by atoms with Crippen LogP contribution in [0.1, 0.15) is 17.3 Å². The molecule has 7 heteroatoms. The molecule has 0 aromatic heterocycles. The number of nitrogens with one attached hydrogen (secondary N) is 1. The molecule has 0 aliphatic carbocycles. The van der Waals surface area contributed by atoms with Gasteiger partial charge >= 0.3 is 0 Å². The maximum absolute atomic E-state index is 12.5. The summed E-state index contributed by atoms with van der Waals surface area (Å²) in [6.45, 7) is 5.20. The number of carbonyl (C=O) groups excluding carboxylic acids is 2. The minimum absolute atomic E-state index is 0.0269. The van der Waals surface area contributed by atoms with Gasteiger partial charge in [0.05, 0.1) is 18.8 Å². The lowest BCUT2D eigenvalue weighted by molar-refractivity contribution is -0.130. The van der Waals surface area contributed by atoms with E-state index in [4.69, 9.17) is 16.3 Å². The number of rotatable bonds is 6. The second-order valence-electron chi connectivity index (χ2n) is 6.46. The van der Waals surface area contributed by atoms with Gasteiger partial charge in [-0.3, -0.25) is 9.59 Å². The van der Waals surface area contributed by atoms with E-state index >= 15 is 0 Å². The molecule has 1 aliphatic rings. The highest BCUT2D eigenvalue weighted by Crippen LogP contribution is 2.28. The summed E-state index contributed by atoms with van der Waals surface area (Å²) in [5.41, 5.74) is 1.49. The summed E-state index contributed by atoms with van der Waals surface area (Å²) >= 11 is 5.90. The molecule has 0 unspecified atom stereocenters. The smallest absolute Gasteiger partial charge is 0.251 e. The standard InChI is InChI=1S/C21H24ClN3O3/c1-2-28-19-9-4-3-8-18(19)24-10-12-25(13-11-24)20(26)15-23-21(27)16-6-5-7-17(22)14-16/h3-9,14H,2,10-13,15H2,1H3,(H,23,27). The molecule has 2 aromatic rings. The number of hydrogen-bond acceptors (Lipinski definition) is 4. The van der Waals surface area contributed by atoms with Crippen LogP contribution in [-0.4, -0.2) is 56.0 Å². The van der Waals surface area contributed by atoms with Crippen molar-refractivity contribution in [3.05, 3.63) is 59.1 Å². The van der Waals surface area contributed by atoms with Crippen molar-refractivity contribution in [3.63, 3.8) is 0 Å². The van der Waals surface area contributed by atoms with Gasteiger partial charge in [-0.2, -0.15) is 0 Å². The monoisotopic (exact) mass is 401 g/mol. The van der Waals surface area contributed by atoms with E-state index < -0.39 is 0 Å². The number of para-hydroxylation sites is 2. The van der Waals surface area contributed by atoms with E-state index in [-0.39, 0.29) is 18.4 Å². The number of hydrogen-bond donors (Lipinski definition) is 1. The molecule has 2 aromatic carbocycles. The highest BCUT2D eigenvalue weighted by molar-refractivity contribution is 6.30. The Labute approximate surface area is 170 Å². The number of halogens is 1. The van der Waals surface area contributed by atoms with E-state index in [1.54, 1.807) is 29.2 Å². The fraction of sp³-hybridized carbons (Fsp3) is 0.333. The van der Waals surface area contributed by atoms with Gasteiger partial charge < -0.3 is 19.9 Å². The van der Waals surface area contributed by atoms with Crippen molar-refractivity contribution >= 4 is 29.1 Å². The van der Waals surface area contributed by atoms with Crippen LogP contribution in [0.5, 0.6) is 5.75 Å². The van der Waals surface area contributed by atoms with Gasteiger partial charge in [0.25, 0.3) is 5.91 Å². The van der Waals surface area contributed by atoms with E-state index in [0.29, 0.717) is 30.3 Å². The molecule has 6 nitrogen and oxygen atoms in total. The lowest BCUT2D eigenvalue weighted by Gasteiger charge is -2.36. The first-order valence-corrected chi connectivity index (χ1v) is 9.74. The van der Waals surface area contributed by atoms with Gasteiger partial charge in [-0.05, 0) is 37.3 Å². The number of amides is 2. The Kier molecular flexibility index (Phi) is 6.76. The lowest BCUT2D eigenvalue weighted by atomic mass is 10.2. The van der Waals surface area contributed by atoms with Crippen LogP contribution in [0, 0.1) is 0 Å². The summed E-state index contributed by atoms with van der Waals surface area (Å²) in [7, 11) is 0. The summed E-state index contributed by atoms with van der Waals surface area (Å²) in [4.78, 5) is 28.6. The molecule has 1 saturated heterocycles. The van der Waals surface area contributed by atoms with E-state index in [1.807, 2.05) is 31.2 Å². The Morgan fingerprint density at radius 2 is 1.82 bits per heavy atom. The lowest BCUT2D eigenvalue weighted by Crippen LogP contribution is -2.51. The second-order valence-corrected chi connectivity index (χ2v) is 6.90. The van der Waals surface area contributed by atoms with Crippen LogP contribution in [-0.2, 0) is 4.79 Å². The maximum atomic E-state index is 12.5. The number of carbonyl (C=O) groups is 2. The SMILES string of the molecule is CCOc1ccccc1N1CCN(C(=O)CNC(=O)c2cccc(Cl)c2)CC1. The summed E-state index contributed by atoms with van der Waals surface area (Å²) < 4.78 is 5.70. The topological polar surface area (TPSA) is 61.9 Å². The molecular formula is C21H24ClN3O3. The van der Waals surface area contributed by atoms with Crippen LogP contribution in [0.25, 0.3) is 0 Å². The number of anilines is 1. The molecule has 0 spiro atoms. The van der Waals surface area contributed by atoms with Crippen molar-refractivity contribution < 1.29 is 14.3 Å². The molecule has 1 N–H and O–H groups in total. The van der Waals surface area contributed by atoms with Crippen molar-refractivity contribution in [2.75, 3.05) is 44.2 Å². The first-order valence-electron chi connectivity index (χ1n) is 9.37. The first-order chi connectivity index (χ1) is 13.6. The van der Waals surface area contributed by atoms with Crippen LogP contribution < -0.4 is 15.0 Å². The minimum Gasteiger partial charge on any atom is -0.492 e. The van der Waals surface area contributed by atoms with Gasteiger partial charge in [-0.25, -0.2) is 0 Å². The predicted molar refractivity (Wildman–Crippen MR) is 110 cm³/mol. The number of piperazine rings is 1. The molecule has 0 atom stereocenters. The molecule has 1 heterocycles. The van der Waals surface area contributed by atoms with Crippen LogP contribution >= 0.6 is 11.6 Å². The van der Waals surface area contributed by atoms with Gasteiger partial charge in [0.15, 0.2) is 0 Å². The fourth-order valence-corrected chi connectivity index (χ4v) is 3.38. The molecule has 28 heavy (non-hydrogen) atoms. The Hall–Kier alpha value is -2.73. The number of benzene rings is 2. The third-order valence-corrected chi connectivity index (χ3v) is 4.86. The van der Waals surface area contributed by atoms with Gasteiger partial charge in [0.2, 0.25) is 5.91 Å². The van der Waals surface area contributed by atoms with Crippen molar-refractivity contribution in [1.82, 2.24) is 10.2 Å². The minimum atomic E-state index is -0.305. The average Bonchev–Trinajstić information content (AvgIpc) is 2.72. The quantitative estimate of drug-likeness (QED) is 0.808. The fourth-order valence-electron chi connectivity index (χ4n) is 3.19. The largest absolute Gasteiger partial charge is 0.492 e. The van der Waals surface area contributed by atoms with E-state index in [2.05, 4.69) is 10.2 Å². The zero-order chi connectivity index (χ0) is 19.9. The third kappa shape index (κ3) is 4.95. The van der Waals surface area contributed by atoms with Crippen molar-refractivity contribution in [1.29, 1.82) is 0 Å². The van der Waals surface area contributed by atoms with Crippen molar-refractivity contribution in [3.8, 4) is 5.75 Å². The van der Waals surface area contributed by atoms with Gasteiger partial charge in [-0.1, -0.05) is 29.8 Å². The summed E-state index contributed by atoms with van der Waals surface area (Å²) in [5.74, 6) is 0.465. The van der Waals surface area contributed by atoms with E-state index in [1.165, 1.54) is 0 Å². The molecule has 148 valence electrons. The zero-order valence-electron chi connectivity index (χ0n) is 15.9. The van der Waals surface area contributed by atoms with Crippen LogP contribution in [0.3, 0.4) is 0 Å². The molecule has 0 saturated carbocycles. The maximum Gasteiger partial charge on any atom is 0.251 e. The summed E-state index contributed by atoms with van der Waals surface area (Å²) in [6.07, 6.45) is 0. The van der Waals surface area contributed by atoms with Crippen molar-refractivity contribution in [2.45, 2.75) is 6.92 Å². The van der Waals surface area contributed by atoms with E-state index in [0.717, 1.165) is 24.5 Å². The predicted octanol–water partition coefficient (Wildman–Crippen LogP) is 2.82. The zero-order valence-corrected chi connectivity index (χ0v) is 16.6. The van der Waals surface area contributed by atoms with Crippen LogP contribution in [0.4, 0.5) is 5.69 Å². The Bertz CT molecular complexity index is 835. The molecule has 2 amide bonds. The molecule has 1 fully saturated rings. The molecule has 1 aliphatic heterocycles. The summed E-state index contributed by atoms with van der Waals surface area (Å²) in [5, 5.41) is 3.16. The van der Waals surface area contributed by atoms with Gasteiger partial charge in [0.1, 0.15) is 5.75 Å². The molecular weight excluding hydrogens is 378 g/mol. The van der Waals surface area contributed by atoms with Crippen LogP contribution in [0.2, 0.25) is 5.02 Å². The molecule has 3 rings (SSSR count). The van der Waals surface area contributed by atoms with Crippen molar-refractivity contribution in [2.24, 2.45) is 0 Å². The van der Waals surface area contributed by atoms with Crippen LogP contribution in [0.15, 0.2) is 48.5 Å². The Morgan fingerprint density at radius 3 is 2.54 bits per heavy atom.